The molecule has 1 aliphatic heterocycles. The van der Waals surface area contributed by atoms with E-state index in [-0.39, 0.29) is 17.9 Å². The molecule has 33 heavy (non-hydrogen) atoms. The highest BCUT2D eigenvalue weighted by Gasteiger charge is 2.48. The van der Waals surface area contributed by atoms with E-state index in [2.05, 4.69) is 54.7 Å². The molecular formula is C29H39NO3. The highest BCUT2D eigenvalue weighted by atomic mass is 16.5. The summed E-state index contributed by atoms with van der Waals surface area (Å²) in [6.45, 7) is 3.13. The van der Waals surface area contributed by atoms with Gasteiger partial charge in [-0.1, -0.05) is 74.7 Å². The fraction of sp³-hybridized carbons (Fsp3) is 0.517. The van der Waals surface area contributed by atoms with Crippen LogP contribution >= 0.6 is 0 Å². The van der Waals surface area contributed by atoms with E-state index in [0.717, 1.165) is 57.2 Å². The Morgan fingerprint density at radius 3 is 2.73 bits per heavy atom. The molecule has 0 unspecified atom stereocenters. The van der Waals surface area contributed by atoms with Gasteiger partial charge in [-0.2, -0.15) is 0 Å². The van der Waals surface area contributed by atoms with Gasteiger partial charge in [-0.15, -0.1) is 0 Å². The summed E-state index contributed by atoms with van der Waals surface area (Å²) in [5.41, 5.74) is 3.67. The number of aryl methyl sites for hydroxylation is 1. The van der Waals surface area contributed by atoms with Gasteiger partial charge in [0, 0.05) is 36.1 Å². The predicted octanol–water partition coefficient (Wildman–Crippen LogP) is 5.84. The number of aliphatic hydroxyl groups excluding tert-OH is 2. The highest BCUT2D eigenvalue weighted by molar-refractivity contribution is 5.49. The second-order valence-electron chi connectivity index (χ2n) is 9.60. The number of ether oxygens (including phenoxy) is 1. The van der Waals surface area contributed by atoms with Crippen molar-refractivity contribution in [2.75, 3.05) is 11.9 Å². The molecule has 4 rings (SSSR count). The van der Waals surface area contributed by atoms with Gasteiger partial charge in [-0.3, -0.25) is 0 Å². The Hall–Kier alpha value is -2.30. The van der Waals surface area contributed by atoms with Gasteiger partial charge >= 0.3 is 0 Å². The van der Waals surface area contributed by atoms with Crippen LogP contribution in [0.25, 0.3) is 0 Å². The third-order valence-electron chi connectivity index (χ3n) is 7.12. The van der Waals surface area contributed by atoms with E-state index in [1.54, 1.807) is 0 Å². The molecule has 2 aromatic carbocycles. The van der Waals surface area contributed by atoms with Gasteiger partial charge in [0.15, 0.2) is 0 Å². The lowest BCUT2D eigenvalue weighted by atomic mass is 9.86. The summed E-state index contributed by atoms with van der Waals surface area (Å²) in [6, 6.07) is 16.8. The predicted molar refractivity (Wildman–Crippen MR) is 135 cm³/mol. The number of benzene rings is 2. The molecule has 1 heterocycles. The van der Waals surface area contributed by atoms with E-state index >= 15 is 0 Å². The largest absolute Gasteiger partial charge is 0.489 e. The van der Waals surface area contributed by atoms with Crippen LogP contribution in [0, 0.1) is 5.92 Å². The molecule has 0 saturated heterocycles. The molecule has 5 atom stereocenters. The Labute approximate surface area is 198 Å². The third kappa shape index (κ3) is 5.99. The second-order valence-corrected chi connectivity index (χ2v) is 9.60. The van der Waals surface area contributed by atoms with Gasteiger partial charge in [0.2, 0.25) is 0 Å². The Morgan fingerprint density at radius 2 is 1.91 bits per heavy atom. The topological polar surface area (TPSA) is 61.7 Å². The maximum Gasteiger partial charge on any atom is 0.126 e. The van der Waals surface area contributed by atoms with Crippen molar-refractivity contribution in [2.24, 2.45) is 5.92 Å². The Kier molecular flexibility index (Phi) is 8.46. The van der Waals surface area contributed by atoms with Gasteiger partial charge in [0.1, 0.15) is 11.9 Å². The van der Waals surface area contributed by atoms with E-state index in [0.29, 0.717) is 6.42 Å². The monoisotopic (exact) mass is 449 g/mol. The molecule has 1 fully saturated rings. The van der Waals surface area contributed by atoms with Gasteiger partial charge in [0.25, 0.3) is 0 Å². The lowest BCUT2D eigenvalue weighted by Crippen LogP contribution is -2.17. The lowest BCUT2D eigenvalue weighted by Gasteiger charge is -2.18. The maximum absolute atomic E-state index is 10.7. The number of aliphatic hydroxyl groups is 2. The summed E-state index contributed by atoms with van der Waals surface area (Å²) < 4.78 is 6.40. The molecule has 2 aliphatic rings. The van der Waals surface area contributed by atoms with Crippen molar-refractivity contribution >= 4 is 5.69 Å². The quantitative estimate of drug-likeness (QED) is 0.281. The number of hydrogen-bond acceptors (Lipinski definition) is 4. The number of rotatable bonds is 12. The molecule has 3 N–H and O–H groups in total. The normalized spacial score (nSPS) is 24.5. The van der Waals surface area contributed by atoms with E-state index in [1.165, 1.54) is 16.8 Å². The summed E-state index contributed by atoms with van der Waals surface area (Å²) in [5.74, 6) is 1.22. The maximum atomic E-state index is 10.7. The van der Waals surface area contributed by atoms with Gasteiger partial charge in [-0.25, -0.2) is 0 Å². The van der Waals surface area contributed by atoms with E-state index < -0.39 is 12.2 Å². The average Bonchev–Trinajstić information content (AvgIpc) is 3.33. The fourth-order valence-electron chi connectivity index (χ4n) is 5.35. The van der Waals surface area contributed by atoms with Crippen LogP contribution in [0.4, 0.5) is 5.69 Å². The molecule has 1 saturated carbocycles. The van der Waals surface area contributed by atoms with Crippen molar-refractivity contribution in [1.29, 1.82) is 0 Å². The van der Waals surface area contributed by atoms with Crippen molar-refractivity contribution in [2.45, 2.75) is 82.5 Å². The van der Waals surface area contributed by atoms with Crippen molar-refractivity contribution < 1.29 is 14.9 Å². The molecular weight excluding hydrogens is 410 g/mol. The zero-order chi connectivity index (χ0) is 23.0. The van der Waals surface area contributed by atoms with Crippen LogP contribution in [0.1, 0.15) is 68.9 Å². The number of para-hydroxylation sites is 2. The zero-order valence-corrected chi connectivity index (χ0v) is 19.8. The molecule has 4 nitrogen and oxygen atoms in total. The Balaban J connectivity index is 1.34. The van der Waals surface area contributed by atoms with E-state index in [9.17, 15) is 10.2 Å². The molecule has 0 spiro atoms. The van der Waals surface area contributed by atoms with Crippen molar-refractivity contribution in [3.63, 3.8) is 0 Å². The first-order valence-electron chi connectivity index (χ1n) is 12.8. The number of hydrogen-bond donors (Lipinski definition) is 3. The second kappa shape index (κ2) is 11.7. The minimum Gasteiger partial charge on any atom is -0.489 e. The minimum absolute atomic E-state index is 0.00222. The standard InChI is InChI=1S/C29H39NO3/c1-2-3-5-15-23(31)17-18-24-26(32)20-27-28(24)25-16-10-12-21(29(25)33-27)11-8-9-19-30-22-13-6-4-7-14-22/h4,6-7,10,12-14,16-18,23-24,26-28,30-32H,2-3,5,8-9,11,15,19-20H2,1H3/t23-,24-,26+,27-,28-/m0/s1. The van der Waals surface area contributed by atoms with Crippen LogP contribution < -0.4 is 10.1 Å². The van der Waals surface area contributed by atoms with Crippen LogP contribution in [0.2, 0.25) is 0 Å². The molecule has 0 bridgehead atoms. The molecule has 1 aliphatic carbocycles. The summed E-state index contributed by atoms with van der Waals surface area (Å²) in [6.07, 6.45) is 11.1. The van der Waals surface area contributed by atoms with Crippen LogP contribution in [0.3, 0.4) is 0 Å². The molecule has 2 aromatic rings. The molecule has 178 valence electrons. The highest BCUT2D eigenvalue weighted by Crippen LogP contribution is 2.52. The number of anilines is 1. The summed E-state index contributed by atoms with van der Waals surface area (Å²) >= 11 is 0. The van der Waals surface area contributed by atoms with Gasteiger partial charge < -0.3 is 20.3 Å². The summed E-state index contributed by atoms with van der Waals surface area (Å²) in [4.78, 5) is 0. The number of unbranched alkanes of at least 4 members (excludes halogenated alkanes) is 3. The van der Waals surface area contributed by atoms with Crippen LogP contribution in [0.15, 0.2) is 60.7 Å². The van der Waals surface area contributed by atoms with Gasteiger partial charge in [0.05, 0.1) is 12.2 Å². The number of nitrogens with one attached hydrogen (secondary N) is 1. The van der Waals surface area contributed by atoms with Crippen molar-refractivity contribution in [3.05, 3.63) is 71.8 Å². The molecule has 4 heteroatoms. The first-order chi connectivity index (χ1) is 16.2. The van der Waals surface area contributed by atoms with Crippen LogP contribution in [0.5, 0.6) is 5.75 Å². The first kappa shape index (κ1) is 23.8. The van der Waals surface area contributed by atoms with Gasteiger partial charge in [-0.05, 0) is 43.4 Å². The first-order valence-corrected chi connectivity index (χ1v) is 12.8. The smallest absolute Gasteiger partial charge is 0.126 e. The van der Waals surface area contributed by atoms with Crippen LogP contribution in [-0.4, -0.2) is 35.1 Å². The molecule has 0 amide bonds. The Morgan fingerprint density at radius 1 is 1.06 bits per heavy atom. The molecule has 0 aromatic heterocycles. The van der Waals surface area contributed by atoms with E-state index in [4.69, 9.17) is 4.74 Å². The van der Waals surface area contributed by atoms with E-state index in [1.807, 2.05) is 18.2 Å². The number of fused-ring (bicyclic) bond motifs is 3. The zero-order valence-electron chi connectivity index (χ0n) is 19.8. The summed E-state index contributed by atoms with van der Waals surface area (Å²) in [5, 5.41) is 24.5. The lowest BCUT2D eigenvalue weighted by molar-refractivity contribution is 0.135. The molecule has 0 radical (unpaired) electrons. The van der Waals surface area contributed by atoms with Crippen molar-refractivity contribution in [3.8, 4) is 5.75 Å². The Bertz CT molecular complexity index is 897. The fourth-order valence-corrected chi connectivity index (χ4v) is 5.35. The summed E-state index contributed by atoms with van der Waals surface area (Å²) in [7, 11) is 0. The van der Waals surface area contributed by atoms with Crippen molar-refractivity contribution in [1.82, 2.24) is 0 Å². The van der Waals surface area contributed by atoms with Crippen LogP contribution in [-0.2, 0) is 6.42 Å². The third-order valence-corrected chi connectivity index (χ3v) is 7.12. The SMILES string of the molecule is CCCCC[C@H](O)C=C[C@@H]1[C@H]2c3cccc(CCCCNc4ccccc4)c3O[C@H]2C[C@H]1O. The minimum atomic E-state index is -0.430. The average molecular weight is 450 g/mol.